The molecule has 2 fully saturated rings. The van der Waals surface area contributed by atoms with E-state index in [9.17, 15) is 19.8 Å². The molecule has 3 aromatic carbocycles. The summed E-state index contributed by atoms with van der Waals surface area (Å²) in [6.45, 7) is 8.41. The molecule has 226 valence electrons. The standard InChI is InChI=1S/C34H38N2O7/c1-3-42-29-21-25(10-13-28(29)37)31-30(33(39)34(40)36(31)15-7-14-35-16-18-41-19-17-35)32(38)27-12-11-26(20-23(27)2)43-22-24-8-5-4-6-9-24/h4-6,8-13,20-21,31,37-38H,3,7,14-19,22H2,1-2H3/t31-/m0/s1. The Balaban J connectivity index is 1.46. The third-order valence-corrected chi connectivity index (χ3v) is 7.82. The van der Waals surface area contributed by atoms with E-state index in [0.29, 0.717) is 61.8 Å². The van der Waals surface area contributed by atoms with E-state index in [0.717, 1.165) is 25.2 Å². The Morgan fingerprint density at radius 3 is 2.47 bits per heavy atom. The fourth-order valence-corrected chi connectivity index (χ4v) is 5.60. The van der Waals surface area contributed by atoms with Crippen LogP contribution in [0.4, 0.5) is 0 Å². The third kappa shape index (κ3) is 6.84. The van der Waals surface area contributed by atoms with Crippen LogP contribution in [0.25, 0.3) is 5.76 Å². The molecule has 9 nitrogen and oxygen atoms in total. The number of carbonyl (C=O) groups is 2. The summed E-state index contributed by atoms with van der Waals surface area (Å²) >= 11 is 0. The number of phenols is 1. The molecule has 2 aliphatic heterocycles. The minimum Gasteiger partial charge on any atom is -0.507 e. The number of Topliss-reactive ketones (excluding diaryl/α,β-unsaturated/α-hetero) is 1. The van der Waals surface area contributed by atoms with Gasteiger partial charge in [0.15, 0.2) is 11.5 Å². The van der Waals surface area contributed by atoms with Crippen molar-refractivity contribution >= 4 is 17.4 Å². The topological polar surface area (TPSA) is 109 Å². The van der Waals surface area contributed by atoms with Gasteiger partial charge in [0.05, 0.1) is 31.4 Å². The van der Waals surface area contributed by atoms with Gasteiger partial charge >= 0.3 is 0 Å². The van der Waals surface area contributed by atoms with E-state index in [-0.39, 0.29) is 22.8 Å². The molecule has 5 rings (SSSR count). The first kappa shape index (κ1) is 30.1. The average molecular weight is 587 g/mol. The highest BCUT2D eigenvalue weighted by Crippen LogP contribution is 2.42. The van der Waals surface area contributed by atoms with Gasteiger partial charge in [-0.05, 0) is 67.3 Å². The summed E-state index contributed by atoms with van der Waals surface area (Å²) in [5.74, 6) is -0.842. The molecule has 0 aliphatic carbocycles. The number of ketones is 1. The molecule has 2 heterocycles. The second-order valence-electron chi connectivity index (χ2n) is 10.7. The summed E-state index contributed by atoms with van der Waals surface area (Å²) in [4.78, 5) is 30.8. The van der Waals surface area contributed by atoms with Gasteiger partial charge in [0.1, 0.15) is 18.1 Å². The number of rotatable bonds is 11. The van der Waals surface area contributed by atoms with Crippen molar-refractivity contribution in [3.05, 3.63) is 94.6 Å². The molecule has 0 aromatic heterocycles. The van der Waals surface area contributed by atoms with Gasteiger partial charge < -0.3 is 29.3 Å². The molecule has 1 atom stereocenters. The predicted molar refractivity (Wildman–Crippen MR) is 162 cm³/mol. The number of likely N-dealkylation sites (tertiary alicyclic amines) is 1. The lowest BCUT2D eigenvalue weighted by atomic mass is 9.93. The number of aromatic hydroxyl groups is 1. The summed E-state index contributed by atoms with van der Waals surface area (Å²) < 4.78 is 17.0. The number of aliphatic hydroxyl groups excluding tert-OH is 1. The maximum absolute atomic E-state index is 13.6. The van der Waals surface area contributed by atoms with Crippen molar-refractivity contribution in [2.45, 2.75) is 32.9 Å². The number of ether oxygens (including phenoxy) is 3. The molecular formula is C34H38N2O7. The number of phenolic OH excluding ortho intramolecular Hbond substituents is 1. The van der Waals surface area contributed by atoms with Crippen molar-refractivity contribution in [2.24, 2.45) is 0 Å². The molecule has 9 heteroatoms. The van der Waals surface area contributed by atoms with Crippen LogP contribution in [0.1, 0.15) is 41.6 Å². The number of amides is 1. The van der Waals surface area contributed by atoms with Crippen LogP contribution in [0.15, 0.2) is 72.3 Å². The number of nitrogens with zero attached hydrogens (tertiary/aromatic N) is 2. The number of aryl methyl sites for hydroxylation is 1. The van der Waals surface area contributed by atoms with Gasteiger partial charge in [-0.1, -0.05) is 36.4 Å². The largest absolute Gasteiger partial charge is 0.507 e. The number of benzene rings is 3. The molecule has 1 amide bonds. The first-order valence-electron chi connectivity index (χ1n) is 14.7. The fraction of sp³-hybridized carbons (Fsp3) is 0.353. The zero-order valence-electron chi connectivity index (χ0n) is 24.6. The van der Waals surface area contributed by atoms with Gasteiger partial charge in [0, 0.05) is 31.7 Å². The highest BCUT2D eigenvalue weighted by Gasteiger charge is 2.46. The van der Waals surface area contributed by atoms with Gasteiger partial charge in [-0.25, -0.2) is 0 Å². The van der Waals surface area contributed by atoms with Crippen molar-refractivity contribution < 1.29 is 34.0 Å². The van der Waals surface area contributed by atoms with Gasteiger partial charge in [0.25, 0.3) is 11.7 Å². The monoisotopic (exact) mass is 586 g/mol. The molecule has 43 heavy (non-hydrogen) atoms. The maximum Gasteiger partial charge on any atom is 0.295 e. The summed E-state index contributed by atoms with van der Waals surface area (Å²) in [5, 5.41) is 22.0. The Kier molecular flexibility index (Phi) is 9.64. The first-order valence-corrected chi connectivity index (χ1v) is 14.7. The van der Waals surface area contributed by atoms with E-state index in [1.54, 1.807) is 37.3 Å². The van der Waals surface area contributed by atoms with Gasteiger partial charge in [0.2, 0.25) is 0 Å². The van der Waals surface area contributed by atoms with Gasteiger partial charge in [-0.3, -0.25) is 14.5 Å². The molecule has 0 unspecified atom stereocenters. The third-order valence-electron chi connectivity index (χ3n) is 7.82. The molecule has 0 radical (unpaired) electrons. The van der Waals surface area contributed by atoms with E-state index in [4.69, 9.17) is 14.2 Å². The average Bonchev–Trinajstić information content (AvgIpc) is 3.27. The maximum atomic E-state index is 13.6. The van der Waals surface area contributed by atoms with Crippen LogP contribution < -0.4 is 9.47 Å². The first-order chi connectivity index (χ1) is 20.9. The van der Waals surface area contributed by atoms with Crippen LogP contribution in [-0.2, 0) is 20.9 Å². The van der Waals surface area contributed by atoms with Gasteiger partial charge in [-0.2, -0.15) is 0 Å². The number of morpholine rings is 1. The molecule has 3 aromatic rings. The molecule has 2 saturated heterocycles. The zero-order valence-corrected chi connectivity index (χ0v) is 24.6. The van der Waals surface area contributed by atoms with Crippen molar-refractivity contribution in [3.63, 3.8) is 0 Å². The molecule has 0 spiro atoms. The van der Waals surface area contributed by atoms with E-state index < -0.39 is 17.7 Å². The van der Waals surface area contributed by atoms with Crippen molar-refractivity contribution in [3.8, 4) is 17.2 Å². The molecule has 2 aliphatic rings. The Morgan fingerprint density at radius 1 is 0.977 bits per heavy atom. The second kappa shape index (κ2) is 13.8. The Bertz CT molecular complexity index is 1480. The molecule has 0 bridgehead atoms. The Morgan fingerprint density at radius 2 is 1.74 bits per heavy atom. The molecule has 2 N–H and O–H groups in total. The number of hydrogen-bond acceptors (Lipinski definition) is 8. The van der Waals surface area contributed by atoms with Crippen LogP contribution in [0.2, 0.25) is 0 Å². The summed E-state index contributed by atoms with van der Waals surface area (Å²) in [5.41, 5.74) is 2.73. The SMILES string of the molecule is CCOc1cc([C@H]2C(=C(O)c3ccc(OCc4ccccc4)cc3C)C(=O)C(=O)N2CCCN2CCOCC2)ccc1O. The normalized spacial score (nSPS) is 18.7. The van der Waals surface area contributed by atoms with Crippen molar-refractivity contribution in [1.29, 1.82) is 0 Å². The molecular weight excluding hydrogens is 548 g/mol. The lowest BCUT2D eigenvalue weighted by molar-refractivity contribution is -0.140. The van der Waals surface area contributed by atoms with E-state index in [2.05, 4.69) is 4.90 Å². The fourth-order valence-electron chi connectivity index (χ4n) is 5.60. The smallest absolute Gasteiger partial charge is 0.295 e. The van der Waals surface area contributed by atoms with E-state index in [1.807, 2.05) is 37.3 Å². The second-order valence-corrected chi connectivity index (χ2v) is 10.7. The Hall–Kier alpha value is -4.34. The zero-order chi connectivity index (χ0) is 30.3. The van der Waals surface area contributed by atoms with Crippen LogP contribution in [0.5, 0.6) is 17.2 Å². The minimum absolute atomic E-state index is 0.00515. The van der Waals surface area contributed by atoms with Crippen LogP contribution >= 0.6 is 0 Å². The van der Waals surface area contributed by atoms with Gasteiger partial charge in [-0.15, -0.1) is 0 Å². The van der Waals surface area contributed by atoms with E-state index in [1.165, 1.54) is 11.0 Å². The van der Waals surface area contributed by atoms with Crippen LogP contribution in [0.3, 0.4) is 0 Å². The summed E-state index contributed by atoms with van der Waals surface area (Å²) in [7, 11) is 0. The summed E-state index contributed by atoms with van der Waals surface area (Å²) in [6.07, 6.45) is 0.645. The number of hydrogen-bond donors (Lipinski definition) is 2. The Labute approximate surface area is 251 Å². The number of carbonyl (C=O) groups excluding carboxylic acids is 2. The van der Waals surface area contributed by atoms with Crippen LogP contribution in [0, 0.1) is 6.92 Å². The minimum atomic E-state index is -0.849. The molecule has 0 saturated carbocycles. The lowest BCUT2D eigenvalue weighted by Crippen LogP contribution is -2.38. The predicted octanol–water partition coefficient (Wildman–Crippen LogP) is 4.82. The summed E-state index contributed by atoms with van der Waals surface area (Å²) in [6, 6.07) is 19.0. The highest BCUT2D eigenvalue weighted by atomic mass is 16.5. The number of aliphatic hydroxyl groups is 1. The quantitative estimate of drug-likeness (QED) is 0.187. The van der Waals surface area contributed by atoms with E-state index >= 15 is 0 Å². The van der Waals surface area contributed by atoms with Crippen LogP contribution in [-0.4, -0.2) is 77.7 Å². The highest BCUT2D eigenvalue weighted by molar-refractivity contribution is 6.46. The lowest BCUT2D eigenvalue weighted by Gasteiger charge is -2.29. The van der Waals surface area contributed by atoms with Crippen molar-refractivity contribution in [1.82, 2.24) is 9.80 Å². The van der Waals surface area contributed by atoms with Crippen molar-refractivity contribution in [2.75, 3.05) is 46.0 Å².